The standard InChI is InChI=1S/C14H16F6O/c1-8(2)3-4-12(21)9-5-10(13(15,16)17)7-11(6-9)14(18,19)20/h5-8,12,21H,3-4H2,1-2H3. The molecule has 0 bridgehead atoms. The summed E-state index contributed by atoms with van der Waals surface area (Å²) < 4.78 is 76.0. The summed E-state index contributed by atoms with van der Waals surface area (Å²) in [7, 11) is 0. The number of halogens is 6. The van der Waals surface area contributed by atoms with Crippen LogP contribution in [0.2, 0.25) is 0 Å². The van der Waals surface area contributed by atoms with Gasteiger partial charge in [0.2, 0.25) is 0 Å². The maximum atomic E-state index is 12.7. The zero-order valence-corrected chi connectivity index (χ0v) is 11.5. The lowest BCUT2D eigenvalue weighted by Gasteiger charge is -2.18. The molecular weight excluding hydrogens is 298 g/mol. The molecule has 0 saturated heterocycles. The van der Waals surface area contributed by atoms with Gasteiger partial charge in [0.1, 0.15) is 0 Å². The van der Waals surface area contributed by atoms with Crippen molar-refractivity contribution in [3.8, 4) is 0 Å². The first-order valence-corrected chi connectivity index (χ1v) is 6.38. The van der Waals surface area contributed by atoms with Crippen LogP contribution in [0.5, 0.6) is 0 Å². The van der Waals surface area contributed by atoms with Crippen molar-refractivity contribution >= 4 is 0 Å². The third kappa shape index (κ3) is 5.22. The summed E-state index contributed by atoms with van der Waals surface area (Å²) in [5, 5.41) is 9.82. The van der Waals surface area contributed by atoms with E-state index < -0.39 is 29.6 Å². The minimum atomic E-state index is -4.90. The molecule has 0 saturated carbocycles. The minimum absolute atomic E-state index is 0.0542. The molecule has 1 rings (SSSR count). The Kier molecular flexibility index (Phi) is 5.30. The Morgan fingerprint density at radius 3 is 1.62 bits per heavy atom. The van der Waals surface area contributed by atoms with Crippen LogP contribution in [-0.2, 0) is 12.4 Å². The minimum Gasteiger partial charge on any atom is -0.388 e. The van der Waals surface area contributed by atoms with Crippen LogP contribution in [0.3, 0.4) is 0 Å². The number of benzene rings is 1. The summed E-state index contributed by atoms with van der Waals surface area (Å²) in [5.74, 6) is 0.188. The van der Waals surface area contributed by atoms with E-state index in [-0.39, 0.29) is 24.0 Å². The lowest BCUT2D eigenvalue weighted by Crippen LogP contribution is -2.13. The summed E-state index contributed by atoms with van der Waals surface area (Å²) in [4.78, 5) is 0. The average Bonchev–Trinajstić information content (AvgIpc) is 2.33. The predicted octanol–water partition coefficient (Wildman–Crippen LogP) is 5.19. The van der Waals surface area contributed by atoms with Crippen molar-refractivity contribution in [2.45, 2.75) is 45.1 Å². The Bertz CT molecular complexity index is 443. The van der Waals surface area contributed by atoms with Crippen LogP contribution in [0.1, 0.15) is 49.5 Å². The van der Waals surface area contributed by atoms with Gasteiger partial charge in [-0.25, -0.2) is 0 Å². The van der Waals surface area contributed by atoms with E-state index >= 15 is 0 Å². The van der Waals surface area contributed by atoms with Crippen molar-refractivity contribution in [2.24, 2.45) is 5.92 Å². The van der Waals surface area contributed by atoms with Gasteiger partial charge in [-0.2, -0.15) is 26.3 Å². The van der Waals surface area contributed by atoms with Crippen LogP contribution < -0.4 is 0 Å². The largest absolute Gasteiger partial charge is 0.416 e. The molecule has 7 heteroatoms. The van der Waals surface area contributed by atoms with Crippen molar-refractivity contribution in [3.05, 3.63) is 34.9 Å². The molecule has 1 aromatic rings. The van der Waals surface area contributed by atoms with Crippen molar-refractivity contribution in [1.82, 2.24) is 0 Å². The molecule has 0 fully saturated rings. The average molecular weight is 314 g/mol. The highest BCUT2D eigenvalue weighted by Gasteiger charge is 2.37. The highest BCUT2D eigenvalue weighted by atomic mass is 19.4. The van der Waals surface area contributed by atoms with Gasteiger partial charge in [0.25, 0.3) is 0 Å². The maximum Gasteiger partial charge on any atom is 0.416 e. The van der Waals surface area contributed by atoms with E-state index in [1.807, 2.05) is 13.8 Å². The Labute approximate surface area is 118 Å². The Balaban J connectivity index is 3.19. The predicted molar refractivity (Wildman–Crippen MR) is 65.5 cm³/mol. The van der Waals surface area contributed by atoms with Crippen molar-refractivity contribution in [3.63, 3.8) is 0 Å². The third-order valence-electron chi connectivity index (χ3n) is 3.01. The lowest BCUT2D eigenvalue weighted by atomic mass is 9.96. The number of aliphatic hydroxyl groups excluding tert-OH is 1. The number of hydrogen-bond acceptors (Lipinski definition) is 1. The van der Waals surface area contributed by atoms with Gasteiger partial charge in [0.05, 0.1) is 17.2 Å². The van der Waals surface area contributed by atoms with Gasteiger partial charge in [-0.1, -0.05) is 13.8 Å². The van der Waals surface area contributed by atoms with E-state index in [9.17, 15) is 31.4 Å². The van der Waals surface area contributed by atoms with Gasteiger partial charge in [-0.05, 0) is 42.5 Å². The maximum absolute atomic E-state index is 12.7. The Morgan fingerprint density at radius 2 is 1.29 bits per heavy atom. The van der Waals surface area contributed by atoms with Gasteiger partial charge in [-0.15, -0.1) is 0 Å². The first-order chi connectivity index (χ1) is 9.41. The number of aliphatic hydroxyl groups is 1. The molecular formula is C14H16F6O. The molecule has 0 aliphatic heterocycles. The molecule has 0 radical (unpaired) electrons. The zero-order valence-electron chi connectivity index (χ0n) is 11.5. The second-order valence-corrected chi connectivity index (χ2v) is 5.33. The normalized spacial score (nSPS) is 14.6. The highest BCUT2D eigenvalue weighted by molar-refractivity contribution is 5.34. The van der Waals surface area contributed by atoms with Crippen LogP contribution in [0.4, 0.5) is 26.3 Å². The highest BCUT2D eigenvalue weighted by Crippen LogP contribution is 2.38. The fourth-order valence-corrected chi connectivity index (χ4v) is 1.83. The van der Waals surface area contributed by atoms with Gasteiger partial charge >= 0.3 is 12.4 Å². The topological polar surface area (TPSA) is 20.2 Å². The molecule has 1 atom stereocenters. The Morgan fingerprint density at radius 1 is 0.857 bits per heavy atom. The molecule has 1 unspecified atom stereocenters. The van der Waals surface area contributed by atoms with E-state index in [0.717, 1.165) is 0 Å². The molecule has 0 heterocycles. The van der Waals surface area contributed by atoms with Gasteiger partial charge in [0.15, 0.2) is 0 Å². The summed E-state index contributed by atoms with van der Waals surface area (Å²) >= 11 is 0. The van der Waals surface area contributed by atoms with Gasteiger partial charge in [-0.3, -0.25) is 0 Å². The molecule has 1 N–H and O–H groups in total. The monoisotopic (exact) mass is 314 g/mol. The molecule has 1 nitrogen and oxygen atoms in total. The smallest absolute Gasteiger partial charge is 0.388 e. The SMILES string of the molecule is CC(C)CCC(O)c1cc(C(F)(F)F)cc(C(F)(F)F)c1. The number of alkyl halides is 6. The van der Waals surface area contributed by atoms with Crippen LogP contribution >= 0.6 is 0 Å². The fraction of sp³-hybridized carbons (Fsp3) is 0.571. The zero-order chi connectivity index (χ0) is 16.4. The molecule has 0 aliphatic carbocycles. The first kappa shape index (κ1) is 17.8. The summed E-state index contributed by atoms with van der Waals surface area (Å²) in [5.41, 5.74) is -3.18. The van der Waals surface area contributed by atoms with E-state index in [1.54, 1.807) is 0 Å². The molecule has 0 aliphatic rings. The lowest BCUT2D eigenvalue weighted by molar-refractivity contribution is -0.143. The van der Waals surface area contributed by atoms with Gasteiger partial charge in [0, 0.05) is 0 Å². The number of rotatable bonds is 4. The molecule has 0 spiro atoms. The van der Waals surface area contributed by atoms with E-state index in [1.165, 1.54) is 0 Å². The molecule has 1 aromatic carbocycles. The first-order valence-electron chi connectivity index (χ1n) is 6.38. The number of hydrogen-bond donors (Lipinski definition) is 1. The van der Waals surface area contributed by atoms with Crippen LogP contribution in [-0.4, -0.2) is 5.11 Å². The van der Waals surface area contributed by atoms with E-state index in [0.29, 0.717) is 18.6 Å². The summed E-state index contributed by atoms with van der Waals surface area (Å²) in [6.07, 6.45) is -10.5. The summed E-state index contributed by atoms with van der Waals surface area (Å²) in [6, 6.07) is 1.19. The van der Waals surface area contributed by atoms with Crippen LogP contribution in [0.25, 0.3) is 0 Å². The Hall–Kier alpha value is -1.24. The van der Waals surface area contributed by atoms with Crippen molar-refractivity contribution in [2.75, 3.05) is 0 Å². The van der Waals surface area contributed by atoms with Crippen molar-refractivity contribution < 1.29 is 31.4 Å². The molecule has 0 amide bonds. The van der Waals surface area contributed by atoms with Crippen molar-refractivity contribution in [1.29, 1.82) is 0 Å². The molecule has 0 aromatic heterocycles. The van der Waals surface area contributed by atoms with E-state index in [4.69, 9.17) is 0 Å². The third-order valence-corrected chi connectivity index (χ3v) is 3.01. The second kappa shape index (κ2) is 6.25. The molecule has 120 valence electrons. The van der Waals surface area contributed by atoms with Gasteiger partial charge < -0.3 is 5.11 Å². The van der Waals surface area contributed by atoms with Crippen LogP contribution in [0, 0.1) is 5.92 Å². The fourth-order valence-electron chi connectivity index (χ4n) is 1.83. The quantitative estimate of drug-likeness (QED) is 0.758. The van der Waals surface area contributed by atoms with Crippen LogP contribution in [0.15, 0.2) is 18.2 Å². The summed E-state index contributed by atoms with van der Waals surface area (Å²) in [6.45, 7) is 3.69. The van der Waals surface area contributed by atoms with E-state index in [2.05, 4.69) is 0 Å². The molecule has 21 heavy (non-hydrogen) atoms. The second-order valence-electron chi connectivity index (χ2n) is 5.33.